The molecule has 0 aromatic carbocycles. The Hall–Kier alpha value is -2.04. The van der Waals surface area contributed by atoms with Gasteiger partial charge in [0.25, 0.3) is 0 Å². The van der Waals surface area contributed by atoms with Crippen LogP contribution >= 0.6 is 0 Å². The third-order valence-electron chi connectivity index (χ3n) is 4.20. The van der Waals surface area contributed by atoms with E-state index in [1.54, 1.807) is 26.1 Å². The Labute approximate surface area is 143 Å². The van der Waals surface area contributed by atoms with Crippen LogP contribution in [0.2, 0.25) is 0 Å². The summed E-state index contributed by atoms with van der Waals surface area (Å²) in [4.78, 5) is 37.5. The number of hydrogen-bond donors (Lipinski definition) is 3. The Kier molecular flexibility index (Phi) is 6.63. The van der Waals surface area contributed by atoms with Crippen molar-refractivity contribution in [3.8, 4) is 0 Å². The average molecular weight is 368 g/mol. The molecular formula is C14H23F3N4O4. The highest BCUT2D eigenvalue weighted by Crippen LogP contribution is 2.25. The van der Waals surface area contributed by atoms with E-state index in [1.807, 2.05) is 0 Å². The number of nitrogens with one attached hydrogen (secondary N) is 1. The monoisotopic (exact) mass is 368 g/mol. The molecule has 0 aromatic heterocycles. The quantitative estimate of drug-likeness (QED) is 0.642. The zero-order valence-corrected chi connectivity index (χ0v) is 14.2. The topological polar surface area (TPSA) is 116 Å². The number of carbonyl (C=O) groups is 3. The first-order valence-corrected chi connectivity index (χ1v) is 7.82. The molecule has 3 amide bonds. The molecule has 0 bridgehead atoms. The van der Waals surface area contributed by atoms with Gasteiger partial charge in [-0.1, -0.05) is 0 Å². The third-order valence-corrected chi connectivity index (χ3v) is 4.20. The van der Waals surface area contributed by atoms with Crippen molar-refractivity contribution in [2.24, 2.45) is 11.7 Å². The Morgan fingerprint density at radius 3 is 2.32 bits per heavy atom. The molecule has 0 aromatic rings. The number of aliphatic carboxylic acids is 1. The summed E-state index contributed by atoms with van der Waals surface area (Å²) in [5, 5.41) is 10.9. The molecule has 1 fully saturated rings. The van der Waals surface area contributed by atoms with E-state index in [1.165, 1.54) is 4.90 Å². The molecule has 0 aliphatic carbocycles. The maximum atomic E-state index is 12.7. The number of rotatable bonds is 5. The number of urea groups is 1. The van der Waals surface area contributed by atoms with Crippen LogP contribution in [-0.4, -0.2) is 76.8 Å². The lowest BCUT2D eigenvalue weighted by atomic mass is 10.00. The van der Waals surface area contributed by atoms with Crippen molar-refractivity contribution in [2.75, 3.05) is 19.6 Å². The van der Waals surface area contributed by atoms with E-state index in [4.69, 9.17) is 5.73 Å². The van der Waals surface area contributed by atoms with E-state index in [0.29, 0.717) is 6.54 Å². The number of likely N-dealkylation sites (tertiary alicyclic amines) is 1. The van der Waals surface area contributed by atoms with Crippen molar-refractivity contribution in [3.63, 3.8) is 0 Å². The van der Waals surface area contributed by atoms with Gasteiger partial charge in [0.2, 0.25) is 0 Å². The highest BCUT2D eigenvalue weighted by molar-refractivity contribution is 5.82. The molecule has 0 unspecified atom stereocenters. The second-order valence-corrected chi connectivity index (χ2v) is 6.11. The Bertz CT molecular complexity index is 527. The number of halogens is 3. The molecule has 1 aliphatic rings. The van der Waals surface area contributed by atoms with Crippen molar-refractivity contribution >= 4 is 17.9 Å². The number of alkyl halides is 3. The van der Waals surface area contributed by atoms with E-state index >= 15 is 0 Å². The van der Waals surface area contributed by atoms with Gasteiger partial charge < -0.3 is 26.0 Å². The summed E-state index contributed by atoms with van der Waals surface area (Å²) < 4.78 is 37.0. The van der Waals surface area contributed by atoms with Crippen LogP contribution in [-0.2, 0) is 9.59 Å². The predicted octanol–water partition coefficient (Wildman–Crippen LogP) is 0.228. The molecule has 1 heterocycles. The van der Waals surface area contributed by atoms with Gasteiger partial charge >= 0.3 is 24.1 Å². The zero-order valence-electron chi connectivity index (χ0n) is 14.2. The zero-order chi connectivity index (χ0) is 19.5. The van der Waals surface area contributed by atoms with Gasteiger partial charge in [0.1, 0.15) is 0 Å². The first-order chi connectivity index (χ1) is 11.4. The molecule has 8 nitrogen and oxygen atoms in total. The lowest BCUT2D eigenvalue weighted by molar-refractivity contribution is -0.173. The number of carboxylic acids is 1. The summed E-state index contributed by atoms with van der Waals surface area (Å²) in [6, 6.07) is -2.86. The minimum absolute atomic E-state index is 0.192. The van der Waals surface area contributed by atoms with E-state index in [-0.39, 0.29) is 12.6 Å². The summed E-state index contributed by atoms with van der Waals surface area (Å²) in [6.45, 7) is 4.76. The third kappa shape index (κ3) is 4.74. The molecular weight excluding hydrogens is 345 g/mol. The van der Waals surface area contributed by atoms with Crippen LogP contribution in [0, 0.1) is 5.92 Å². The maximum absolute atomic E-state index is 12.7. The Morgan fingerprint density at radius 1 is 1.36 bits per heavy atom. The molecule has 0 radical (unpaired) electrons. The van der Waals surface area contributed by atoms with Crippen molar-refractivity contribution < 1.29 is 32.7 Å². The van der Waals surface area contributed by atoms with E-state index in [2.05, 4.69) is 0 Å². The second-order valence-electron chi connectivity index (χ2n) is 6.11. The van der Waals surface area contributed by atoms with Gasteiger partial charge in [0, 0.05) is 31.7 Å². The van der Waals surface area contributed by atoms with E-state index in [9.17, 15) is 32.7 Å². The fourth-order valence-corrected chi connectivity index (χ4v) is 2.84. The molecule has 1 rings (SSSR count). The molecule has 1 saturated heterocycles. The summed E-state index contributed by atoms with van der Waals surface area (Å²) in [6.07, 6.45) is -5.07. The molecule has 0 spiro atoms. The lowest BCUT2D eigenvalue weighted by Crippen LogP contribution is -2.55. The van der Waals surface area contributed by atoms with Crippen LogP contribution in [0.5, 0.6) is 0 Å². The predicted molar refractivity (Wildman–Crippen MR) is 81.6 cm³/mol. The normalized spacial score (nSPS) is 23.7. The molecule has 25 heavy (non-hydrogen) atoms. The fourth-order valence-electron chi connectivity index (χ4n) is 2.84. The van der Waals surface area contributed by atoms with Crippen LogP contribution in [0.15, 0.2) is 0 Å². The number of carboxylic acid groups (broad SMARTS) is 1. The highest BCUT2D eigenvalue weighted by Gasteiger charge is 2.47. The summed E-state index contributed by atoms with van der Waals surface area (Å²) in [7, 11) is 0. The van der Waals surface area contributed by atoms with Gasteiger partial charge in [-0.25, -0.2) is 4.79 Å². The number of nitrogens with two attached hydrogens (primary N) is 1. The fraction of sp³-hybridized carbons (Fsp3) is 0.786. The van der Waals surface area contributed by atoms with Crippen LogP contribution in [0.1, 0.15) is 20.8 Å². The SMILES string of the molecule is CCN(C(=O)N1C[C@H](C(=O)O)[C@H](N)[C@H]1CNC(=O)C(F)(F)F)C(C)C. The van der Waals surface area contributed by atoms with Crippen LogP contribution < -0.4 is 11.1 Å². The largest absolute Gasteiger partial charge is 0.481 e. The number of amides is 3. The smallest absolute Gasteiger partial charge is 0.471 e. The minimum atomic E-state index is -5.07. The number of carbonyl (C=O) groups excluding carboxylic acids is 2. The molecule has 4 N–H and O–H groups in total. The first kappa shape index (κ1) is 21.0. The average Bonchev–Trinajstić information content (AvgIpc) is 2.81. The maximum Gasteiger partial charge on any atom is 0.471 e. The summed E-state index contributed by atoms with van der Waals surface area (Å²) >= 11 is 0. The van der Waals surface area contributed by atoms with Gasteiger partial charge in [-0.3, -0.25) is 9.59 Å². The van der Waals surface area contributed by atoms with Crippen molar-refractivity contribution in [1.29, 1.82) is 0 Å². The van der Waals surface area contributed by atoms with Gasteiger partial charge in [0.05, 0.1) is 12.0 Å². The van der Waals surface area contributed by atoms with Crippen LogP contribution in [0.4, 0.5) is 18.0 Å². The standard InChI is InChI=1S/C14H23F3N4O4/c1-4-20(7(2)3)13(25)21-6-8(11(22)23)10(18)9(21)5-19-12(24)14(15,16)17/h7-10H,4-6,18H2,1-3H3,(H,19,24)(H,22,23)/t8-,9+,10-/m0/s1. The van der Waals surface area contributed by atoms with Crippen LogP contribution in [0.25, 0.3) is 0 Å². The highest BCUT2D eigenvalue weighted by atomic mass is 19.4. The van der Waals surface area contributed by atoms with Gasteiger partial charge in [0.15, 0.2) is 0 Å². The summed E-state index contributed by atoms with van der Waals surface area (Å²) in [5.41, 5.74) is 5.84. The molecule has 11 heteroatoms. The van der Waals surface area contributed by atoms with E-state index in [0.717, 1.165) is 4.90 Å². The first-order valence-electron chi connectivity index (χ1n) is 7.82. The van der Waals surface area contributed by atoms with E-state index < -0.39 is 48.6 Å². The van der Waals surface area contributed by atoms with Crippen molar-refractivity contribution in [2.45, 2.75) is 45.1 Å². The van der Waals surface area contributed by atoms with Crippen molar-refractivity contribution in [3.05, 3.63) is 0 Å². The lowest BCUT2D eigenvalue weighted by Gasteiger charge is -2.34. The number of nitrogens with zero attached hydrogens (tertiary/aromatic N) is 2. The summed E-state index contributed by atoms with van der Waals surface area (Å²) in [5.74, 6) is -4.53. The van der Waals surface area contributed by atoms with Crippen molar-refractivity contribution in [1.82, 2.24) is 15.1 Å². The van der Waals surface area contributed by atoms with Gasteiger partial charge in [-0.2, -0.15) is 13.2 Å². The number of hydrogen-bond acceptors (Lipinski definition) is 4. The molecule has 0 saturated carbocycles. The second kappa shape index (κ2) is 7.89. The Morgan fingerprint density at radius 2 is 1.92 bits per heavy atom. The minimum Gasteiger partial charge on any atom is -0.481 e. The van der Waals surface area contributed by atoms with Crippen LogP contribution in [0.3, 0.4) is 0 Å². The molecule has 144 valence electrons. The van der Waals surface area contributed by atoms with Gasteiger partial charge in [-0.15, -0.1) is 0 Å². The van der Waals surface area contributed by atoms with Gasteiger partial charge in [-0.05, 0) is 20.8 Å². The Balaban J connectivity index is 3.00. The molecule has 1 aliphatic heterocycles. The molecule has 3 atom stereocenters.